The second-order valence-electron chi connectivity index (χ2n) is 3.28. The zero-order chi connectivity index (χ0) is 13.3. The number of ether oxygens (including phenoxy) is 1. The number of alkyl halides is 1. The lowest BCUT2D eigenvalue weighted by Crippen LogP contribution is -2.29. The number of nitrogens with one attached hydrogen (secondary N) is 2. The molecule has 1 aromatic carbocycles. The number of H-pyrrole nitrogens is 2. The van der Waals surface area contributed by atoms with E-state index in [4.69, 9.17) is 16.3 Å². The minimum atomic E-state index is -0.961. The van der Waals surface area contributed by atoms with E-state index >= 15 is 0 Å². The normalized spacial score (nSPS) is 10.5. The van der Waals surface area contributed by atoms with E-state index in [1.54, 1.807) is 0 Å². The Morgan fingerprint density at radius 1 is 1.28 bits per heavy atom. The standard InChI is InChI=1S/C9H6ClN3O5/c10-3-18-4-1-5-7(6(2-4)13(16)17)12-9(15)8(14)11-5/h1-2H,3H2,(H,11,14)(H,12,15). The Morgan fingerprint density at radius 3 is 2.56 bits per heavy atom. The van der Waals surface area contributed by atoms with Crippen molar-refractivity contribution >= 4 is 28.3 Å². The second-order valence-corrected chi connectivity index (χ2v) is 3.50. The van der Waals surface area contributed by atoms with Crippen molar-refractivity contribution in [1.29, 1.82) is 0 Å². The number of non-ortho nitro benzene ring substituents is 1. The topological polar surface area (TPSA) is 118 Å². The van der Waals surface area contributed by atoms with Crippen molar-refractivity contribution in [2.45, 2.75) is 0 Å². The molecule has 0 aliphatic rings. The summed E-state index contributed by atoms with van der Waals surface area (Å²) in [6, 6.07) is 2.25. The van der Waals surface area contributed by atoms with Crippen LogP contribution in [0, 0.1) is 10.1 Å². The van der Waals surface area contributed by atoms with E-state index in [1.807, 2.05) is 0 Å². The Bertz CT molecular complexity index is 735. The molecule has 0 atom stereocenters. The van der Waals surface area contributed by atoms with Gasteiger partial charge >= 0.3 is 11.1 Å². The zero-order valence-corrected chi connectivity index (χ0v) is 9.48. The molecular weight excluding hydrogens is 266 g/mol. The number of hydrogen-bond donors (Lipinski definition) is 2. The molecule has 9 heteroatoms. The fraction of sp³-hybridized carbons (Fsp3) is 0.111. The maximum Gasteiger partial charge on any atom is 0.314 e. The summed E-state index contributed by atoms with van der Waals surface area (Å²) in [6.07, 6.45) is 0. The first kappa shape index (κ1) is 12.1. The highest BCUT2D eigenvalue weighted by Crippen LogP contribution is 2.27. The van der Waals surface area contributed by atoms with E-state index < -0.39 is 16.0 Å². The van der Waals surface area contributed by atoms with Crippen LogP contribution in [0.1, 0.15) is 0 Å². The van der Waals surface area contributed by atoms with Crippen molar-refractivity contribution in [3.05, 3.63) is 43.0 Å². The Balaban J connectivity index is 2.85. The van der Waals surface area contributed by atoms with E-state index in [-0.39, 0.29) is 28.5 Å². The van der Waals surface area contributed by atoms with Gasteiger partial charge in [0, 0.05) is 6.07 Å². The first-order chi connectivity index (χ1) is 8.52. The lowest BCUT2D eigenvalue weighted by molar-refractivity contribution is -0.383. The van der Waals surface area contributed by atoms with Crippen molar-refractivity contribution < 1.29 is 9.66 Å². The number of fused-ring (bicyclic) bond motifs is 1. The molecule has 18 heavy (non-hydrogen) atoms. The van der Waals surface area contributed by atoms with Gasteiger partial charge in [0.15, 0.2) is 6.07 Å². The number of hydrogen-bond acceptors (Lipinski definition) is 5. The summed E-state index contributed by atoms with van der Waals surface area (Å²) in [6.45, 7) is 0. The third kappa shape index (κ3) is 2.05. The van der Waals surface area contributed by atoms with Crippen molar-refractivity contribution in [3.8, 4) is 5.75 Å². The van der Waals surface area contributed by atoms with Crippen LogP contribution in [0.5, 0.6) is 5.75 Å². The summed E-state index contributed by atoms with van der Waals surface area (Å²) in [7, 11) is 0. The van der Waals surface area contributed by atoms with Gasteiger partial charge in [0.1, 0.15) is 11.3 Å². The lowest BCUT2D eigenvalue weighted by Gasteiger charge is -2.04. The molecule has 1 heterocycles. The number of nitro groups is 1. The number of halogens is 1. The van der Waals surface area contributed by atoms with Gasteiger partial charge in [-0.25, -0.2) is 0 Å². The minimum Gasteiger partial charge on any atom is -0.478 e. The van der Waals surface area contributed by atoms with Gasteiger partial charge < -0.3 is 14.7 Å². The quantitative estimate of drug-likeness (QED) is 0.369. The van der Waals surface area contributed by atoms with Gasteiger partial charge in [-0.1, -0.05) is 11.6 Å². The molecule has 94 valence electrons. The summed E-state index contributed by atoms with van der Waals surface area (Å²) < 4.78 is 4.92. The predicted octanol–water partition coefficient (Wildman–Crippen LogP) is 0.700. The first-order valence-corrected chi connectivity index (χ1v) is 5.20. The van der Waals surface area contributed by atoms with Gasteiger partial charge in [-0.15, -0.1) is 0 Å². The monoisotopic (exact) mass is 271 g/mol. The molecule has 1 aromatic heterocycles. The lowest BCUT2D eigenvalue weighted by atomic mass is 10.2. The van der Waals surface area contributed by atoms with E-state index in [0.29, 0.717) is 0 Å². The molecule has 0 fully saturated rings. The van der Waals surface area contributed by atoms with Crippen LogP contribution < -0.4 is 15.9 Å². The van der Waals surface area contributed by atoms with E-state index in [2.05, 4.69) is 9.97 Å². The molecule has 0 unspecified atom stereocenters. The van der Waals surface area contributed by atoms with Crippen LogP contribution in [-0.2, 0) is 0 Å². The summed E-state index contributed by atoms with van der Waals surface area (Å²) in [5.74, 6) is 0.117. The molecule has 2 N–H and O–H groups in total. The summed E-state index contributed by atoms with van der Waals surface area (Å²) >= 11 is 5.35. The first-order valence-electron chi connectivity index (χ1n) is 4.66. The minimum absolute atomic E-state index is 0.0773. The molecule has 0 spiro atoms. The van der Waals surface area contributed by atoms with Crippen LogP contribution in [0.2, 0.25) is 0 Å². The van der Waals surface area contributed by atoms with Gasteiger partial charge in [0.05, 0.1) is 16.5 Å². The molecule has 0 radical (unpaired) electrons. The van der Waals surface area contributed by atoms with E-state index in [9.17, 15) is 19.7 Å². The molecule has 0 amide bonds. The maximum absolute atomic E-state index is 11.1. The zero-order valence-electron chi connectivity index (χ0n) is 8.73. The summed E-state index contributed by atoms with van der Waals surface area (Å²) in [5.41, 5.74) is -2.24. The number of aromatic amines is 2. The Morgan fingerprint density at radius 2 is 1.94 bits per heavy atom. The average molecular weight is 272 g/mol. The van der Waals surface area contributed by atoms with Crippen LogP contribution in [0.3, 0.4) is 0 Å². The van der Waals surface area contributed by atoms with Crippen molar-refractivity contribution in [1.82, 2.24) is 9.97 Å². The molecule has 2 aromatic rings. The highest BCUT2D eigenvalue weighted by atomic mass is 35.5. The van der Waals surface area contributed by atoms with E-state index in [1.165, 1.54) is 6.07 Å². The molecule has 0 aliphatic heterocycles. The Labute approximate surface area is 103 Å². The SMILES string of the molecule is O=c1[nH]c2cc(OCCl)cc([N+](=O)[O-])c2[nH]c1=O. The van der Waals surface area contributed by atoms with E-state index in [0.717, 1.165) is 6.07 Å². The van der Waals surface area contributed by atoms with Crippen LogP contribution in [-0.4, -0.2) is 21.0 Å². The largest absolute Gasteiger partial charge is 0.478 e. The molecule has 2 rings (SSSR count). The third-order valence-corrected chi connectivity index (χ3v) is 2.31. The summed E-state index contributed by atoms with van der Waals surface area (Å²) in [4.78, 5) is 36.8. The highest BCUT2D eigenvalue weighted by molar-refractivity contribution is 6.17. The number of rotatable bonds is 3. The fourth-order valence-electron chi connectivity index (χ4n) is 1.47. The molecule has 0 saturated carbocycles. The van der Waals surface area contributed by atoms with Crippen molar-refractivity contribution in [3.63, 3.8) is 0 Å². The van der Waals surface area contributed by atoms with Crippen LogP contribution >= 0.6 is 11.6 Å². The van der Waals surface area contributed by atoms with Crippen LogP contribution in [0.4, 0.5) is 5.69 Å². The molecular formula is C9H6ClN3O5. The van der Waals surface area contributed by atoms with Gasteiger partial charge in [-0.3, -0.25) is 19.7 Å². The second kappa shape index (κ2) is 4.49. The van der Waals surface area contributed by atoms with Crippen LogP contribution in [0.15, 0.2) is 21.7 Å². The maximum atomic E-state index is 11.1. The molecule has 8 nitrogen and oxygen atoms in total. The van der Waals surface area contributed by atoms with Gasteiger partial charge in [0.25, 0.3) is 5.69 Å². The fourth-order valence-corrected chi connectivity index (χ4v) is 1.60. The number of nitro benzene ring substituents is 1. The molecule has 0 saturated heterocycles. The smallest absolute Gasteiger partial charge is 0.314 e. The molecule has 0 bridgehead atoms. The van der Waals surface area contributed by atoms with Crippen LogP contribution in [0.25, 0.3) is 11.0 Å². The van der Waals surface area contributed by atoms with Crippen molar-refractivity contribution in [2.75, 3.05) is 6.07 Å². The highest BCUT2D eigenvalue weighted by Gasteiger charge is 2.16. The third-order valence-electron chi connectivity index (χ3n) is 2.20. The predicted molar refractivity (Wildman–Crippen MR) is 63.2 cm³/mol. The Kier molecular flexibility index (Phi) is 3.02. The average Bonchev–Trinajstić information content (AvgIpc) is 2.30. The van der Waals surface area contributed by atoms with Gasteiger partial charge in [0.2, 0.25) is 0 Å². The number of nitrogens with zero attached hydrogens (tertiary/aromatic N) is 1. The summed E-state index contributed by atoms with van der Waals surface area (Å²) in [5, 5.41) is 10.9. The number of aromatic nitrogens is 2. The van der Waals surface area contributed by atoms with Gasteiger partial charge in [-0.05, 0) is 0 Å². The van der Waals surface area contributed by atoms with Crippen molar-refractivity contribution in [2.24, 2.45) is 0 Å². The Hall–Kier alpha value is -2.35. The number of benzene rings is 1. The molecule has 0 aliphatic carbocycles. The van der Waals surface area contributed by atoms with Gasteiger partial charge in [-0.2, -0.15) is 0 Å².